The zero-order valence-electron chi connectivity index (χ0n) is 9.16. The van der Waals surface area contributed by atoms with E-state index < -0.39 is 0 Å². The van der Waals surface area contributed by atoms with E-state index in [9.17, 15) is 0 Å². The third-order valence-electron chi connectivity index (χ3n) is 1.55. The van der Waals surface area contributed by atoms with Crippen molar-refractivity contribution >= 4 is 0 Å². The normalized spacial score (nSPS) is 9.15. The van der Waals surface area contributed by atoms with Gasteiger partial charge in [-0.25, -0.2) is 0 Å². The Balaban J connectivity index is 0.000000424. The Morgan fingerprint density at radius 2 is 1.85 bits per heavy atom. The molecular formula is C11H22N2. The Hall–Kier alpha value is -0.790. The van der Waals surface area contributed by atoms with Crippen molar-refractivity contribution in [3.8, 4) is 0 Å². The third-order valence-corrected chi connectivity index (χ3v) is 1.55. The quantitative estimate of drug-likeness (QED) is 0.652. The lowest BCUT2D eigenvalue weighted by Crippen LogP contribution is -1.97. The molecule has 0 aromatic carbocycles. The van der Waals surface area contributed by atoms with Crippen LogP contribution in [0.2, 0.25) is 0 Å². The van der Waals surface area contributed by atoms with Crippen LogP contribution in [0, 0.1) is 0 Å². The molecule has 0 bridgehead atoms. The van der Waals surface area contributed by atoms with Gasteiger partial charge in [0.2, 0.25) is 0 Å². The zero-order chi connectivity index (χ0) is 9.94. The lowest BCUT2D eigenvalue weighted by molar-refractivity contribution is 0.553. The zero-order valence-corrected chi connectivity index (χ0v) is 9.16. The first kappa shape index (κ1) is 12.2. The van der Waals surface area contributed by atoms with Crippen molar-refractivity contribution in [2.45, 2.75) is 53.0 Å². The van der Waals surface area contributed by atoms with Crippen LogP contribution in [0.5, 0.6) is 0 Å². The summed E-state index contributed by atoms with van der Waals surface area (Å²) in [6, 6.07) is 1.96. The van der Waals surface area contributed by atoms with Crippen LogP contribution >= 0.6 is 0 Å². The maximum absolute atomic E-state index is 4.10. The predicted molar refractivity (Wildman–Crippen MR) is 57.7 cm³/mol. The molecular weight excluding hydrogens is 160 g/mol. The molecule has 2 nitrogen and oxygen atoms in total. The van der Waals surface area contributed by atoms with Gasteiger partial charge in [-0.2, -0.15) is 5.10 Å². The van der Waals surface area contributed by atoms with E-state index in [4.69, 9.17) is 0 Å². The van der Waals surface area contributed by atoms with Crippen LogP contribution in [0.15, 0.2) is 18.5 Å². The molecule has 0 saturated carbocycles. The maximum Gasteiger partial charge on any atom is 0.0489 e. The summed E-state index contributed by atoms with van der Waals surface area (Å²) < 4.78 is 1.98. The monoisotopic (exact) mass is 182 g/mol. The largest absolute Gasteiger partial charge is 0.273 e. The topological polar surface area (TPSA) is 17.8 Å². The molecule has 0 radical (unpaired) electrons. The Morgan fingerprint density at radius 3 is 2.31 bits per heavy atom. The molecule has 2 heteroatoms. The van der Waals surface area contributed by atoms with E-state index in [0.717, 1.165) is 6.54 Å². The summed E-state index contributed by atoms with van der Waals surface area (Å²) in [5.74, 6) is 0. The molecule has 0 amide bonds. The molecule has 0 aliphatic heterocycles. The van der Waals surface area contributed by atoms with Crippen molar-refractivity contribution in [2.24, 2.45) is 0 Å². The summed E-state index contributed by atoms with van der Waals surface area (Å²) in [6.45, 7) is 7.53. The van der Waals surface area contributed by atoms with Gasteiger partial charge < -0.3 is 0 Å². The average Bonchev–Trinajstić information content (AvgIpc) is 2.59. The highest BCUT2D eigenvalue weighted by Crippen LogP contribution is 1.96. The summed E-state index contributed by atoms with van der Waals surface area (Å²) >= 11 is 0. The van der Waals surface area contributed by atoms with Gasteiger partial charge in [0.25, 0.3) is 0 Å². The molecule has 0 unspecified atom stereocenters. The summed E-state index contributed by atoms with van der Waals surface area (Å²) in [6.07, 6.45) is 8.92. The molecule has 76 valence electrons. The molecule has 0 aliphatic rings. The Bertz CT molecular complexity index is 168. The number of aryl methyl sites for hydroxylation is 1. The van der Waals surface area contributed by atoms with Gasteiger partial charge in [0.05, 0.1) is 0 Å². The summed E-state index contributed by atoms with van der Waals surface area (Å²) in [7, 11) is 0. The third kappa shape index (κ3) is 7.57. The number of unbranched alkanes of at least 4 members (excludes halogenated alkanes) is 2. The van der Waals surface area contributed by atoms with Crippen LogP contribution < -0.4 is 0 Å². The van der Waals surface area contributed by atoms with Crippen molar-refractivity contribution in [2.75, 3.05) is 0 Å². The van der Waals surface area contributed by atoms with Gasteiger partial charge in [0.15, 0.2) is 0 Å². The lowest BCUT2D eigenvalue weighted by atomic mass is 10.2. The smallest absolute Gasteiger partial charge is 0.0489 e. The number of hydrogen-bond acceptors (Lipinski definition) is 1. The van der Waals surface area contributed by atoms with Crippen molar-refractivity contribution in [3.05, 3.63) is 18.5 Å². The summed E-state index contributed by atoms with van der Waals surface area (Å²) in [4.78, 5) is 0. The van der Waals surface area contributed by atoms with E-state index in [1.807, 2.05) is 23.1 Å². The molecule has 0 fully saturated rings. The van der Waals surface area contributed by atoms with Crippen LogP contribution in [0.4, 0.5) is 0 Å². The van der Waals surface area contributed by atoms with Gasteiger partial charge >= 0.3 is 0 Å². The summed E-state index contributed by atoms with van der Waals surface area (Å²) in [5.41, 5.74) is 0. The standard InChI is InChI=1S/C8H14N2.C3H8/c1-2-3-4-7-10-8-5-6-9-10;1-3-2/h5-6,8H,2-4,7H2,1H3;3H2,1-2H3. The van der Waals surface area contributed by atoms with Crippen molar-refractivity contribution in [3.63, 3.8) is 0 Å². The second-order valence-corrected chi connectivity index (χ2v) is 3.18. The van der Waals surface area contributed by atoms with E-state index in [0.29, 0.717) is 0 Å². The molecule has 13 heavy (non-hydrogen) atoms. The average molecular weight is 182 g/mol. The highest BCUT2D eigenvalue weighted by Gasteiger charge is 1.87. The number of aromatic nitrogens is 2. The highest BCUT2D eigenvalue weighted by atomic mass is 15.3. The number of hydrogen-bond donors (Lipinski definition) is 0. The van der Waals surface area contributed by atoms with E-state index in [-0.39, 0.29) is 0 Å². The first-order chi connectivity index (χ1) is 6.35. The van der Waals surface area contributed by atoms with Gasteiger partial charge in [0, 0.05) is 18.9 Å². The van der Waals surface area contributed by atoms with Crippen LogP contribution in [0.1, 0.15) is 46.5 Å². The molecule has 0 aliphatic carbocycles. The minimum absolute atomic E-state index is 1.07. The van der Waals surface area contributed by atoms with Gasteiger partial charge in [-0.05, 0) is 12.5 Å². The van der Waals surface area contributed by atoms with Crippen molar-refractivity contribution in [1.82, 2.24) is 9.78 Å². The molecule has 0 atom stereocenters. The highest BCUT2D eigenvalue weighted by molar-refractivity contribution is 4.77. The van der Waals surface area contributed by atoms with E-state index in [1.54, 1.807) is 0 Å². The second kappa shape index (κ2) is 9.30. The van der Waals surface area contributed by atoms with Crippen LogP contribution in [-0.2, 0) is 6.54 Å². The van der Waals surface area contributed by atoms with Gasteiger partial charge in [-0.3, -0.25) is 4.68 Å². The SMILES string of the molecule is CCC.CCCCCn1cccn1. The summed E-state index contributed by atoms with van der Waals surface area (Å²) in [5, 5.41) is 4.10. The van der Waals surface area contributed by atoms with Crippen LogP contribution in [0.25, 0.3) is 0 Å². The molecule has 0 saturated heterocycles. The fraction of sp³-hybridized carbons (Fsp3) is 0.727. The molecule has 1 heterocycles. The van der Waals surface area contributed by atoms with Crippen molar-refractivity contribution in [1.29, 1.82) is 0 Å². The first-order valence-corrected chi connectivity index (χ1v) is 5.32. The molecule has 0 spiro atoms. The van der Waals surface area contributed by atoms with Crippen LogP contribution in [-0.4, -0.2) is 9.78 Å². The van der Waals surface area contributed by atoms with Crippen molar-refractivity contribution < 1.29 is 0 Å². The predicted octanol–water partition coefficient (Wildman–Crippen LogP) is 3.49. The second-order valence-electron chi connectivity index (χ2n) is 3.18. The van der Waals surface area contributed by atoms with Gasteiger partial charge in [0.1, 0.15) is 0 Å². The molecule has 1 rings (SSSR count). The fourth-order valence-corrected chi connectivity index (χ4v) is 0.957. The number of rotatable bonds is 4. The fourth-order valence-electron chi connectivity index (χ4n) is 0.957. The molecule has 1 aromatic heterocycles. The first-order valence-electron chi connectivity index (χ1n) is 5.32. The minimum Gasteiger partial charge on any atom is -0.273 e. The minimum atomic E-state index is 1.07. The van der Waals surface area contributed by atoms with Gasteiger partial charge in [-0.1, -0.05) is 40.0 Å². The molecule has 1 aromatic rings. The van der Waals surface area contributed by atoms with Gasteiger partial charge in [-0.15, -0.1) is 0 Å². The lowest BCUT2D eigenvalue weighted by Gasteiger charge is -1.97. The number of nitrogens with zero attached hydrogens (tertiary/aromatic N) is 2. The maximum atomic E-state index is 4.10. The Labute approximate surface area is 82.0 Å². The molecule has 0 N–H and O–H groups in total. The van der Waals surface area contributed by atoms with E-state index in [2.05, 4.69) is 25.9 Å². The van der Waals surface area contributed by atoms with Crippen LogP contribution in [0.3, 0.4) is 0 Å². The van der Waals surface area contributed by atoms with E-state index in [1.165, 1.54) is 25.7 Å². The van der Waals surface area contributed by atoms with E-state index >= 15 is 0 Å². The Morgan fingerprint density at radius 1 is 1.15 bits per heavy atom. The Kier molecular flexibility index (Phi) is 8.73.